The summed E-state index contributed by atoms with van der Waals surface area (Å²) in [5.41, 5.74) is 3.36. The van der Waals surface area contributed by atoms with Crippen LogP contribution in [0.3, 0.4) is 0 Å². The molecule has 116 valence electrons. The predicted molar refractivity (Wildman–Crippen MR) is 85.1 cm³/mol. The maximum atomic E-state index is 11.1. The van der Waals surface area contributed by atoms with Crippen LogP contribution >= 0.6 is 0 Å². The average Bonchev–Trinajstić information content (AvgIpc) is 2.55. The van der Waals surface area contributed by atoms with Crippen molar-refractivity contribution < 1.29 is 4.74 Å². The first-order valence-corrected chi connectivity index (χ1v) is 7.66. The van der Waals surface area contributed by atoms with Gasteiger partial charge in [0.15, 0.2) is 0 Å². The highest BCUT2D eigenvalue weighted by molar-refractivity contribution is 5.39. The van der Waals surface area contributed by atoms with Gasteiger partial charge in [0.2, 0.25) is 0 Å². The van der Waals surface area contributed by atoms with Crippen molar-refractivity contribution in [1.29, 1.82) is 0 Å². The molecular weight excluding hydrogens is 278 g/mol. The molecule has 5 nitrogen and oxygen atoms in total. The molecule has 1 aromatic carbocycles. The molecule has 0 fully saturated rings. The van der Waals surface area contributed by atoms with E-state index < -0.39 is 0 Å². The molecule has 1 aliphatic rings. The highest BCUT2D eigenvalue weighted by atomic mass is 16.5. The van der Waals surface area contributed by atoms with Crippen LogP contribution in [0.2, 0.25) is 0 Å². The van der Waals surface area contributed by atoms with Gasteiger partial charge in [-0.05, 0) is 55.5 Å². The summed E-state index contributed by atoms with van der Waals surface area (Å²) in [6.07, 6.45) is 3.35. The highest BCUT2D eigenvalue weighted by Crippen LogP contribution is 2.33. The molecule has 2 aromatic rings. The minimum absolute atomic E-state index is 0.0786. The van der Waals surface area contributed by atoms with Crippen LogP contribution in [0.25, 0.3) is 0 Å². The van der Waals surface area contributed by atoms with Crippen molar-refractivity contribution in [2.75, 3.05) is 7.11 Å². The summed E-state index contributed by atoms with van der Waals surface area (Å²) in [4.78, 5) is 11.1. The van der Waals surface area contributed by atoms with Crippen molar-refractivity contribution in [3.8, 4) is 5.75 Å². The van der Waals surface area contributed by atoms with Crippen LogP contribution in [0.4, 0.5) is 0 Å². The number of fused-ring (bicyclic) bond motifs is 1. The summed E-state index contributed by atoms with van der Waals surface area (Å²) in [7, 11) is 1.70. The standard InChI is InChI=1S/C17H21N3O2/c1-11(15-8-9-17(21)20-19-15)18-16-5-3-4-12-10-13(22-2)6-7-14(12)16/h6-11,16,18H,3-5H2,1-2H3,(H,20,21). The fraction of sp³-hybridized carbons (Fsp3) is 0.412. The molecule has 1 aromatic heterocycles. The van der Waals surface area contributed by atoms with Gasteiger partial charge in [-0.15, -0.1) is 0 Å². The molecule has 0 saturated heterocycles. The van der Waals surface area contributed by atoms with E-state index in [9.17, 15) is 4.79 Å². The number of aryl methyl sites for hydroxylation is 1. The van der Waals surface area contributed by atoms with E-state index >= 15 is 0 Å². The van der Waals surface area contributed by atoms with Crippen molar-refractivity contribution in [1.82, 2.24) is 15.5 Å². The smallest absolute Gasteiger partial charge is 0.264 e. The molecule has 1 aliphatic carbocycles. The van der Waals surface area contributed by atoms with Gasteiger partial charge in [-0.1, -0.05) is 6.07 Å². The van der Waals surface area contributed by atoms with Crippen molar-refractivity contribution in [2.24, 2.45) is 0 Å². The van der Waals surface area contributed by atoms with Crippen LogP contribution in [0.1, 0.15) is 48.7 Å². The second kappa shape index (κ2) is 6.32. The molecule has 2 N–H and O–H groups in total. The average molecular weight is 299 g/mol. The first kappa shape index (κ1) is 14.8. The largest absolute Gasteiger partial charge is 0.497 e. The zero-order chi connectivity index (χ0) is 15.5. The monoisotopic (exact) mass is 299 g/mol. The quantitative estimate of drug-likeness (QED) is 0.910. The molecule has 0 bridgehead atoms. The lowest BCUT2D eigenvalue weighted by Gasteiger charge is -2.29. The number of benzene rings is 1. The molecule has 22 heavy (non-hydrogen) atoms. The second-order valence-corrected chi connectivity index (χ2v) is 5.74. The molecule has 5 heteroatoms. The summed E-state index contributed by atoms with van der Waals surface area (Å²) in [6, 6.07) is 9.97. The summed E-state index contributed by atoms with van der Waals surface area (Å²) in [5, 5.41) is 10.2. The Morgan fingerprint density at radius 1 is 1.36 bits per heavy atom. The van der Waals surface area contributed by atoms with Crippen LogP contribution < -0.4 is 15.6 Å². The lowest BCUT2D eigenvalue weighted by atomic mass is 9.87. The van der Waals surface area contributed by atoms with Crippen LogP contribution in [-0.4, -0.2) is 17.3 Å². The number of rotatable bonds is 4. The molecule has 2 unspecified atom stereocenters. The highest BCUT2D eigenvalue weighted by Gasteiger charge is 2.22. The summed E-state index contributed by atoms with van der Waals surface area (Å²) in [6.45, 7) is 2.07. The normalized spacial score (nSPS) is 18.5. The number of nitrogens with zero attached hydrogens (tertiary/aromatic N) is 1. The minimum Gasteiger partial charge on any atom is -0.497 e. The molecule has 0 saturated carbocycles. The Morgan fingerprint density at radius 3 is 2.95 bits per heavy atom. The number of nitrogens with one attached hydrogen (secondary N) is 2. The van der Waals surface area contributed by atoms with E-state index in [2.05, 4.69) is 34.6 Å². The van der Waals surface area contributed by atoms with Gasteiger partial charge < -0.3 is 10.1 Å². The maximum Gasteiger partial charge on any atom is 0.264 e. The van der Waals surface area contributed by atoms with Crippen LogP contribution in [0, 0.1) is 0 Å². The van der Waals surface area contributed by atoms with E-state index in [1.54, 1.807) is 13.2 Å². The molecular formula is C17H21N3O2. The van der Waals surface area contributed by atoms with Gasteiger partial charge in [0.05, 0.1) is 12.8 Å². The zero-order valence-electron chi connectivity index (χ0n) is 12.9. The van der Waals surface area contributed by atoms with Gasteiger partial charge in [0, 0.05) is 18.2 Å². The van der Waals surface area contributed by atoms with Gasteiger partial charge in [-0.2, -0.15) is 5.10 Å². The Balaban J connectivity index is 1.79. The number of hydrogen-bond acceptors (Lipinski definition) is 4. The van der Waals surface area contributed by atoms with E-state index in [4.69, 9.17) is 4.74 Å². The van der Waals surface area contributed by atoms with E-state index in [1.807, 2.05) is 6.07 Å². The van der Waals surface area contributed by atoms with Crippen molar-refractivity contribution in [2.45, 2.75) is 38.3 Å². The Bertz CT molecular complexity index is 691. The van der Waals surface area contributed by atoms with Crippen molar-refractivity contribution >= 4 is 0 Å². The van der Waals surface area contributed by atoms with Gasteiger partial charge in [-0.3, -0.25) is 4.79 Å². The van der Waals surface area contributed by atoms with Crippen molar-refractivity contribution in [3.63, 3.8) is 0 Å². The molecule has 3 rings (SSSR count). The maximum absolute atomic E-state index is 11.1. The Hall–Kier alpha value is -2.14. The van der Waals surface area contributed by atoms with Gasteiger partial charge in [0.1, 0.15) is 5.75 Å². The second-order valence-electron chi connectivity index (χ2n) is 5.74. The Labute approximate surface area is 129 Å². The molecule has 1 heterocycles. The third-order valence-corrected chi connectivity index (χ3v) is 4.26. The molecule has 0 radical (unpaired) electrons. The van der Waals surface area contributed by atoms with E-state index in [1.165, 1.54) is 17.2 Å². The molecule has 0 aliphatic heterocycles. The topological polar surface area (TPSA) is 67.0 Å². The van der Waals surface area contributed by atoms with Crippen LogP contribution in [0.5, 0.6) is 5.75 Å². The van der Waals surface area contributed by atoms with Crippen LogP contribution in [-0.2, 0) is 6.42 Å². The Kier molecular flexibility index (Phi) is 4.24. The summed E-state index contributed by atoms with van der Waals surface area (Å²) < 4.78 is 5.31. The number of hydrogen-bond donors (Lipinski definition) is 2. The molecule has 2 atom stereocenters. The third kappa shape index (κ3) is 3.04. The fourth-order valence-electron chi connectivity index (χ4n) is 3.07. The lowest BCUT2D eigenvalue weighted by molar-refractivity contribution is 0.399. The van der Waals surface area contributed by atoms with E-state index in [0.29, 0.717) is 6.04 Å². The summed E-state index contributed by atoms with van der Waals surface area (Å²) >= 11 is 0. The van der Waals surface area contributed by atoms with Crippen LogP contribution in [0.15, 0.2) is 35.1 Å². The first-order chi connectivity index (χ1) is 10.7. The van der Waals surface area contributed by atoms with Crippen molar-refractivity contribution in [3.05, 3.63) is 57.5 Å². The third-order valence-electron chi connectivity index (χ3n) is 4.26. The molecule has 0 spiro atoms. The Morgan fingerprint density at radius 2 is 2.23 bits per heavy atom. The predicted octanol–water partition coefficient (Wildman–Crippen LogP) is 2.51. The van der Waals surface area contributed by atoms with E-state index in [0.717, 1.165) is 30.7 Å². The zero-order valence-corrected chi connectivity index (χ0v) is 12.9. The summed E-state index contributed by atoms with van der Waals surface area (Å²) in [5.74, 6) is 0.912. The SMILES string of the molecule is COc1ccc2c(c1)CCCC2NC(C)c1ccc(=O)[nH]n1. The van der Waals surface area contributed by atoms with Gasteiger partial charge >= 0.3 is 0 Å². The van der Waals surface area contributed by atoms with Gasteiger partial charge in [0.25, 0.3) is 5.56 Å². The lowest BCUT2D eigenvalue weighted by Crippen LogP contribution is -2.28. The van der Waals surface area contributed by atoms with E-state index in [-0.39, 0.29) is 11.6 Å². The number of methoxy groups -OCH3 is 1. The first-order valence-electron chi connectivity index (χ1n) is 7.66. The number of H-pyrrole nitrogens is 1. The fourth-order valence-corrected chi connectivity index (χ4v) is 3.07. The number of ether oxygens (including phenoxy) is 1. The molecule has 0 amide bonds. The number of aromatic amines is 1. The number of aromatic nitrogens is 2. The van der Waals surface area contributed by atoms with Gasteiger partial charge in [-0.25, -0.2) is 5.10 Å². The minimum atomic E-state index is -0.175.